The summed E-state index contributed by atoms with van der Waals surface area (Å²) >= 11 is 0. The SMILES string of the molecule is CCCCC/C=N\C(C)(C)CF. The van der Waals surface area contributed by atoms with E-state index in [0.29, 0.717) is 0 Å². The lowest BCUT2D eigenvalue weighted by Crippen LogP contribution is -2.19. The molecule has 0 radical (unpaired) electrons. The first kappa shape index (κ1) is 11.6. The molecule has 0 amide bonds. The van der Waals surface area contributed by atoms with Crippen LogP contribution in [0.3, 0.4) is 0 Å². The van der Waals surface area contributed by atoms with Gasteiger partial charge in [-0.15, -0.1) is 0 Å². The number of hydrogen-bond donors (Lipinski definition) is 0. The highest BCUT2D eigenvalue weighted by Crippen LogP contribution is 2.08. The van der Waals surface area contributed by atoms with Crippen LogP contribution in [0, 0.1) is 0 Å². The summed E-state index contributed by atoms with van der Waals surface area (Å²) in [6, 6.07) is 0. The summed E-state index contributed by atoms with van der Waals surface area (Å²) in [5.41, 5.74) is -0.508. The van der Waals surface area contributed by atoms with Crippen LogP contribution < -0.4 is 0 Å². The number of unbranched alkanes of at least 4 members (excludes halogenated alkanes) is 3. The summed E-state index contributed by atoms with van der Waals surface area (Å²) in [7, 11) is 0. The summed E-state index contributed by atoms with van der Waals surface area (Å²) in [5, 5.41) is 0. The second kappa shape index (κ2) is 6.15. The second-order valence-electron chi connectivity index (χ2n) is 3.75. The van der Waals surface area contributed by atoms with E-state index in [1.54, 1.807) is 0 Å². The molecular formula is C10H20FN. The Kier molecular flexibility index (Phi) is 5.95. The van der Waals surface area contributed by atoms with Crippen molar-refractivity contribution in [2.24, 2.45) is 4.99 Å². The van der Waals surface area contributed by atoms with Crippen molar-refractivity contribution in [1.29, 1.82) is 0 Å². The molecule has 0 fully saturated rings. The van der Waals surface area contributed by atoms with Crippen molar-refractivity contribution in [3.05, 3.63) is 0 Å². The molecule has 72 valence electrons. The van der Waals surface area contributed by atoms with Gasteiger partial charge in [0.2, 0.25) is 0 Å². The quantitative estimate of drug-likeness (QED) is 0.431. The average molecular weight is 173 g/mol. The molecule has 0 aliphatic heterocycles. The Balaban J connectivity index is 3.47. The molecule has 2 heteroatoms. The first-order valence-electron chi connectivity index (χ1n) is 4.72. The predicted molar refractivity (Wildman–Crippen MR) is 52.7 cm³/mol. The maximum Gasteiger partial charge on any atom is 0.114 e. The van der Waals surface area contributed by atoms with Gasteiger partial charge in [0.25, 0.3) is 0 Å². The first-order chi connectivity index (χ1) is 5.62. The zero-order valence-electron chi connectivity index (χ0n) is 8.44. The monoisotopic (exact) mass is 173 g/mol. The topological polar surface area (TPSA) is 12.4 Å². The van der Waals surface area contributed by atoms with Gasteiger partial charge in [-0.25, -0.2) is 4.39 Å². The molecule has 0 N–H and O–H groups in total. The van der Waals surface area contributed by atoms with Gasteiger partial charge in [0.05, 0.1) is 5.54 Å². The highest BCUT2D eigenvalue weighted by molar-refractivity contribution is 5.57. The first-order valence-corrected chi connectivity index (χ1v) is 4.72. The molecule has 0 saturated heterocycles. The lowest BCUT2D eigenvalue weighted by atomic mass is 10.1. The molecule has 0 saturated carbocycles. The molecule has 0 rings (SSSR count). The Morgan fingerprint density at radius 2 is 2.00 bits per heavy atom. The maximum absolute atomic E-state index is 12.2. The normalized spacial score (nSPS) is 12.7. The van der Waals surface area contributed by atoms with E-state index >= 15 is 0 Å². The fourth-order valence-electron chi connectivity index (χ4n) is 0.832. The molecule has 1 nitrogen and oxygen atoms in total. The molecule has 0 bridgehead atoms. The van der Waals surface area contributed by atoms with E-state index in [1.165, 1.54) is 19.3 Å². The minimum Gasteiger partial charge on any atom is -0.289 e. The van der Waals surface area contributed by atoms with Gasteiger partial charge in [-0.05, 0) is 32.9 Å². The standard InChI is InChI=1S/C10H20FN/c1-4-5-6-7-8-12-10(2,3)9-11/h8H,4-7,9H2,1-3H3/b12-8-. The van der Waals surface area contributed by atoms with Crippen LogP contribution in [0.25, 0.3) is 0 Å². The number of aliphatic imine (C=N–C) groups is 1. The van der Waals surface area contributed by atoms with E-state index in [4.69, 9.17) is 0 Å². The molecule has 0 aliphatic rings. The number of alkyl halides is 1. The van der Waals surface area contributed by atoms with Gasteiger partial charge in [0.1, 0.15) is 6.67 Å². The molecule has 0 heterocycles. The lowest BCUT2D eigenvalue weighted by Gasteiger charge is -2.13. The summed E-state index contributed by atoms with van der Waals surface area (Å²) < 4.78 is 12.2. The van der Waals surface area contributed by atoms with Gasteiger partial charge in [-0.2, -0.15) is 0 Å². The van der Waals surface area contributed by atoms with Crippen LogP contribution in [0.15, 0.2) is 4.99 Å². The van der Waals surface area contributed by atoms with Gasteiger partial charge < -0.3 is 0 Å². The zero-order valence-corrected chi connectivity index (χ0v) is 8.44. The van der Waals surface area contributed by atoms with Gasteiger partial charge in [0, 0.05) is 0 Å². The van der Waals surface area contributed by atoms with Gasteiger partial charge in [-0.3, -0.25) is 4.99 Å². The molecule has 0 aromatic heterocycles. The summed E-state index contributed by atoms with van der Waals surface area (Å²) in [5.74, 6) is 0. The number of hydrogen-bond acceptors (Lipinski definition) is 1. The summed E-state index contributed by atoms with van der Waals surface area (Å²) in [4.78, 5) is 4.15. The fourth-order valence-corrected chi connectivity index (χ4v) is 0.832. The van der Waals surface area contributed by atoms with Gasteiger partial charge >= 0.3 is 0 Å². The van der Waals surface area contributed by atoms with Crippen LogP contribution in [-0.4, -0.2) is 18.4 Å². The van der Waals surface area contributed by atoms with E-state index in [9.17, 15) is 4.39 Å². The number of nitrogens with zero attached hydrogens (tertiary/aromatic N) is 1. The predicted octanol–water partition coefficient (Wildman–Crippen LogP) is 3.39. The molecule has 12 heavy (non-hydrogen) atoms. The number of rotatable bonds is 6. The van der Waals surface area contributed by atoms with Crippen LogP contribution >= 0.6 is 0 Å². The molecule has 0 unspecified atom stereocenters. The highest BCUT2D eigenvalue weighted by atomic mass is 19.1. The van der Waals surface area contributed by atoms with Crippen molar-refractivity contribution < 1.29 is 4.39 Å². The Hall–Kier alpha value is -0.400. The van der Waals surface area contributed by atoms with Crippen LogP contribution in [0.2, 0.25) is 0 Å². The largest absolute Gasteiger partial charge is 0.289 e. The van der Waals surface area contributed by atoms with E-state index in [0.717, 1.165) is 6.42 Å². The van der Waals surface area contributed by atoms with Crippen LogP contribution in [0.5, 0.6) is 0 Å². The van der Waals surface area contributed by atoms with Crippen LogP contribution in [0.1, 0.15) is 46.5 Å². The Bertz CT molecular complexity index is 130. The Morgan fingerprint density at radius 3 is 2.50 bits per heavy atom. The summed E-state index contributed by atoms with van der Waals surface area (Å²) in [6.45, 7) is 5.41. The van der Waals surface area contributed by atoms with E-state index in [-0.39, 0.29) is 6.67 Å². The summed E-state index contributed by atoms with van der Waals surface area (Å²) in [6.07, 6.45) is 6.47. The van der Waals surface area contributed by atoms with Crippen molar-refractivity contribution in [2.45, 2.75) is 52.0 Å². The molecule has 0 aromatic rings. The molecule has 0 aliphatic carbocycles. The van der Waals surface area contributed by atoms with Crippen molar-refractivity contribution in [2.75, 3.05) is 6.67 Å². The van der Waals surface area contributed by atoms with Gasteiger partial charge in [0.15, 0.2) is 0 Å². The van der Waals surface area contributed by atoms with Crippen LogP contribution in [-0.2, 0) is 0 Å². The second-order valence-corrected chi connectivity index (χ2v) is 3.75. The highest BCUT2D eigenvalue weighted by Gasteiger charge is 2.13. The van der Waals surface area contributed by atoms with Crippen LogP contribution in [0.4, 0.5) is 4.39 Å². The lowest BCUT2D eigenvalue weighted by molar-refractivity contribution is 0.355. The zero-order chi connectivity index (χ0) is 9.45. The Labute approximate surface area is 75.1 Å². The fraction of sp³-hybridized carbons (Fsp3) is 0.900. The van der Waals surface area contributed by atoms with Crippen molar-refractivity contribution in [1.82, 2.24) is 0 Å². The third-order valence-corrected chi connectivity index (χ3v) is 1.70. The smallest absolute Gasteiger partial charge is 0.114 e. The molecule has 0 atom stereocenters. The third kappa shape index (κ3) is 6.32. The maximum atomic E-state index is 12.2. The van der Waals surface area contributed by atoms with Crippen molar-refractivity contribution in [3.8, 4) is 0 Å². The van der Waals surface area contributed by atoms with Crippen molar-refractivity contribution in [3.63, 3.8) is 0 Å². The molecular weight excluding hydrogens is 153 g/mol. The van der Waals surface area contributed by atoms with Gasteiger partial charge in [-0.1, -0.05) is 19.8 Å². The van der Waals surface area contributed by atoms with E-state index in [1.807, 2.05) is 20.1 Å². The van der Waals surface area contributed by atoms with E-state index in [2.05, 4.69) is 11.9 Å². The van der Waals surface area contributed by atoms with E-state index < -0.39 is 5.54 Å². The minimum absolute atomic E-state index is 0.378. The minimum atomic E-state index is -0.508. The number of halogens is 1. The third-order valence-electron chi connectivity index (χ3n) is 1.70. The average Bonchev–Trinajstić information content (AvgIpc) is 2.04. The van der Waals surface area contributed by atoms with Crippen molar-refractivity contribution >= 4 is 6.21 Å². The molecule has 0 aromatic carbocycles. The molecule has 0 spiro atoms. The Morgan fingerprint density at radius 1 is 1.33 bits per heavy atom.